The van der Waals surface area contributed by atoms with Crippen LogP contribution in [0.2, 0.25) is 0 Å². The summed E-state index contributed by atoms with van der Waals surface area (Å²) in [7, 11) is -3.43. The van der Waals surface area contributed by atoms with Crippen molar-refractivity contribution in [3.8, 4) is 0 Å². The molecule has 0 saturated carbocycles. The molecule has 8 heteroatoms. The molecule has 1 aliphatic rings. The molecule has 0 spiro atoms. The van der Waals surface area contributed by atoms with E-state index in [0.717, 1.165) is 18.8 Å². The van der Waals surface area contributed by atoms with Crippen molar-refractivity contribution in [1.29, 1.82) is 0 Å². The van der Waals surface area contributed by atoms with Gasteiger partial charge in [0.25, 0.3) is 0 Å². The predicted molar refractivity (Wildman–Crippen MR) is 89.0 cm³/mol. The smallest absolute Gasteiger partial charge is 0.240 e. The Bertz CT molecular complexity index is 633. The zero-order chi connectivity index (χ0) is 17.0. The van der Waals surface area contributed by atoms with Crippen molar-refractivity contribution in [3.05, 3.63) is 18.3 Å². The van der Waals surface area contributed by atoms with Crippen molar-refractivity contribution in [2.75, 3.05) is 31.1 Å². The van der Waals surface area contributed by atoms with Crippen LogP contribution in [-0.4, -0.2) is 66.1 Å². The molecule has 1 atom stereocenters. The van der Waals surface area contributed by atoms with Crippen LogP contribution in [0.15, 0.2) is 18.3 Å². The summed E-state index contributed by atoms with van der Waals surface area (Å²) in [5.74, 6) is 0.476. The first-order valence-corrected chi connectivity index (χ1v) is 9.49. The second-order valence-corrected chi connectivity index (χ2v) is 8.86. The van der Waals surface area contributed by atoms with Crippen molar-refractivity contribution < 1.29 is 13.2 Å². The molecule has 0 radical (unpaired) electrons. The molecule has 1 aliphatic heterocycles. The van der Waals surface area contributed by atoms with Crippen LogP contribution in [0.1, 0.15) is 27.2 Å². The first kappa shape index (κ1) is 17.7. The topological polar surface area (TPSA) is 83.5 Å². The van der Waals surface area contributed by atoms with Crippen molar-refractivity contribution in [3.63, 3.8) is 0 Å². The third kappa shape index (κ3) is 3.99. The molecule has 1 aromatic rings. The number of carbonyl (C=O) groups is 1. The number of amides is 1. The molecule has 2 rings (SSSR count). The molecule has 0 unspecified atom stereocenters. The number of carbonyl (C=O) groups excluding carboxylic acids is 1. The average Bonchev–Trinajstić information content (AvgIpc) is 2.80. The first-order chi connectivity index (χ1) is 10.8. The number of nitrogens with zero attached hydrogens (tertiary/aromatic N) is 4. The summed E-state index contributed by atoms with van der Waals surface area (Å²) in [6.07, 6.45) is 2.40. The minimum Gasteiger partial charge on any atom is -0.353 e. The Kier molecular flexibility index (Phi) is 5.56. The Hall–Kier alpha value is -1.70. The summed E-state index contributed by atoms with van der Waals surface area (Å²) in [6, 6.07) is 3.71. The highest BCUT2D eigenvalue weighted by molar-refractivity contribution is 7.93. The van der Waals surface area contributed by atoms with Gasteiger partial charge in [0.05, 0.1) is 5.25 Å². The van der Waals surface area contributed by atoms with E-state index in [9.17, 15) is 13.2 Å². The van der Waals surface area contributed by atoms with E-state index in [1.54, 1.807) is 24.9 Å². The fourth-order valence-corrected chi connectivity index (χ4v) is 3.88. The van der Waals surface area contributed by atoms with Gasteiger partial charge in [-0.1, -0.05) is 0 Å². The van der Waals surface area contributed by atoms with Crippen molar-refractivity contribution in [2.45, 2.75) is 37.7 Å². The van der Waals surface area contributed by atoms with Crippen LogP contribution in [-0.2, 0) is 14.6 Å². The number of anilines is 1. The fourth-order valence-electron chi connectivity index (χ4n) is 2.63. The number of sulfone groups is 1. The molecule has 0 aromatic carbocycles. The lowest BCUT2D eigenvalue weighted by Gasteiger charge is -2.25. The summed E-state index contributed by atoms with van der Waals surface area (Å²) < 4.78 is 24.4. The quantitative estimate of drug-likeness (QED) is 0.803. The predicted octanol–water partition coefficient (Wildman–Crippen LogP) is 0.727. The molecular formula is C15H24N4O3S. The lowest BCUT2D eigenvalue weighted by atomic mass is 10.3. The van der Waals surface area contributed by atoms with E-state index in [4.69, 9.17) is 0 Å². The Morgan fingerprint density at radius 2 is 1.91 bits per heavy atom. The molecule has 128 valence electrons. The van der Waals surface area contributed by atoms with Gasteiger partial charge < -0.3 is 9.80 Å². The number of aromatic nitrogens is 2. The molecule has 23 heavy (non-hydrogen) atoms. The standard InChI is InChI=1S/C15H24N4O3S/c1-12(2)23(21,22)13(3)15(20)19-9-5-8-18(10-11-19)14-6-4-7-16-17-14/h4,6-7,12-13H,5,8-11H2,1-3H3/t13-/m1/s1. The third-order valence-electron chi connectivity index (χ3n) is 4.19. The molecule has 0 aliphatic carbocycles. The van der Waals surface area contributed by atoms with Gasteiger partial charge in [0.1, 0.15) is 5.25 Å². The second kappa shape index (κ2) is 7.25. The summed E-state index contributed by atoms with van der Waals surface area (Å²) in [6.45, 7) is 7.16. The molecular weight excluding hydrogens is 316 g/mol. The Labute approximate surface area is 137 Å². The highest BCUT2D eigenvalue weighted by Crippen LogP contribution is 2.16. The summed E-state index contributed by atoms with van der Waals surface area (Å²) in [4.78, 5) is 16.3. The van der Waals surface area contributed by atoms with E-state index >= 15 is 0 Å². The van der Waals surface area contributed by atoms with Gasteiger partial charge in [0.15, 0.2) is 15.7 Å². The van der Waals surface area contributed by atoms with Crippen LogP contribution in [0, 0.1) is 0 Å². The van der Waals surface area contributed by atoms with Crippen LogP contribution in [0.25, 0.3) is 0 Å². The second-order valence-electron chi connectivity index (χ2n) is 6.03. The molecule has 0 N–H and O–H groups in total. The van der Waals surface area contributed by atoms with E-state index in [0.29, 0.717) is 19.6 Å². The maximum absolute atomic E-state index is 12.5. The van der Waals surface area contributed by atoms with Gasteiger partial charge in [-0.15, -0.1) is 5.10 Å². The zero-order valence-corrected chi connectivity index (χ0v) is 14.7. The number of rotatable bonds is 4. The van der Waals surface area contributed by atoms with E-state index in [2.05, 4.69) is 15.1 Å². The van der Waals surface area contributed by atoms with E-state index in [1.807, 2.05) is 12.1 Å². The van der Waals surface area contributed by atoms with E-state index in [1.165, 1.54) is 6.92 Å². The van der Waals surface area contributed by atoms with Crippen LogP contribution in [0.4, 0.5) is 5.82 Å². The summed E-state index contributed by atoms with van der Waals surface area (Å²) in [5, 5.41) is 6.41. The van der Waals surface area contributed by atoms with E-state index in [-0.39, 0.29) is 5.91 Å². The minimum atomic E-state index is -3.43. The van der Waals surface area contributed by atoms with Crippen molar-refractivity contribution in [2.24, 2.45) is 0 Å². The van der Waals surface area contributed by atoms with Gasteiger partial charge in [-0.2, -0.15) is 5.10 Å². The highest BCUT2D eigenvalue weighted by Gasteiger charge is 2.34. The summed E-state index contributed by atoms with van der Waals surface area (Å²) in [5.41, 5.74) is 0. The third-order valence-corrected chi connectivity index (χ3v) is 6.69. The number of hydrogen-bond acceptors (Lipinski definition) is 6. The number of hydrogen-bond donors (Lipinski definition) is 0. The molecule has 7 nitrogen and oxygen atoms in total. The van der Waals surface area contributed by atoms with Gasteiger partial charge in [0.2, 0.25) is 5.91 Å². The molecule has 1 aromatic heterocycles. The highest BCUT2D eigenvalue weighted by atomic mass is 32.2. The Balaban J connectivity index is 2.04. The van der Waals surface area contributed by atoms with Gasteiger partial charge in [-0.3, -0.25) is 4.79 Å². The van der Waals surface area contributed by atoms with Crippen LogP contribution < -0.4 is 4.90 Å². The molecule has 1 amide bonds. The van der Waals surface area contributed by atoms with E-state index < -0.39 is 20.3 Å². The monoisotopic (exact) mass is 340 g/mol. The van der Waals surface area contributed by atoms with Crippen LogP contribution in [0.5, 0.6) is 0 Å². The lowest BCUT2D eigenvalue weighted by Crippen LogP contribution is -2.45. The molecule has 2 heterocycles. The maximum atomic E-state index is 12.5. The van der Waals surface area contributed by atoms with Gasteiger partial charge in [-0.05, 0) is 39.3 Å². The summed E-state index contributed by atoms with van der Waals surface area (Å²) >= 11 is 0. The fraction of sp³-hybridized carbons (Fsp3) is 0.667. The molecule has 0 bridgehead atoms. The normalized spacial score (nSPS) is 17.9. The van der Waals surface area contributed by atoms with Gasteiger partial charge in [-0.25, -0.2) is 8.42 Å². The van der Waals surface area contributed by atoms with Gasteiger partial charge >= 0.3 is 0 Å². The van der Waals surface area contributed by atoms with Crippen molar-refractivity contribution >= 4 is 21.6 Å². The maximum Gasteiger partial charge on any atom is 0.240 e. The Morgan fingerprint density at radius 3 is 2.52 bits per heavy atom. The van der Waals surface area contributed by atoms with Crippen LogP contribution in [0.3, 0.4) is 0 Å². The molecule has 1 fully saturated rings. The average molecular weight is 340 g/mol. The SMILES string of the molecule is CC(C)S(=O)(=O)[C@H](C)C(=O)N1CCCN(c2cccnn2)CC1. The van der Waals surface area contributed by atoms with Gasteiger partial charge in [0, 0.05) is 32.4 Å². The first-order valence-electron chi connectivity index (χ1n) is 7.88. The Morgan fingerprint density at radius 1 is 1.17 bits per heavy atom. The minimum absolute atomic E-state index is 0.306. The van der Waals surface area contributed by atoms with Crippen molar-refractivity contribution in [1.82, 2.24) is 15.1 Å². The molecule has 1 saturated heterocycles. The lowest BCUT2D eigenvalue weighted by molar-refractivity contribution is -0.130. The zero-order valence-electron chi connectivity index (χ0n) is 13.8. The largest absolute Gasteiger partial charge is 0.353 e. The van der Waals surface area contributed by atoms with Crippen LogP contribution >= 0.6 is 0 Å².